The van der Waals surface area contributed by atoms with Crippen molar-refractivity contribution < 1.29 is 9.47 Å². The van der Waals surface area contributed by atoms with Crippen LogP contribution < -0.4 is 14.2 Å². The number of nitrogens with one attached hydrogen (secondary N) is 1. The predicted molar refractivity (Wildman–Crippen MR) is 127 cm³/mol. The van der Waals surface area contributed by atoms with Gasteiger partial charge in [-0.3, -0.25) is 4.72 Å². The number of fused-ring (bicyclic) bond motifs is 1. The molecule has 0 saturated heterocycles. The Balaban J connectivity index is 2.22. The highest BCUT2D eigenvalue weighted by Gasteiger charge is 2.21. The van der Waals surface area contributed by atoms with Gasteiger partial charge in [-0.05, 0) is 12.3 Å². The van der Waals surface area contributed by atoms with E-state index in [1.165, 1.54) is 11.8 Å². The van der Waals surface area contributed by atoms with E-state index in [0.29, 0.717) is 49.8 Å². The van der Waals surface area contributed by atoms with E-state index in [2.05, 4.69) is 28.5 Å². The Morgan fingerprint density at radius 3 is 2.30 bits per heavy atom. The Bertz CT molecular complexity index is 1040. The van der Waals surface area contributed by atoms with E-state index in [9.17, 15) is 0 Å². The molecule has 0 saturated carbocycles. The van der Waals surface area contributed by atoms with Gasteiger partial charge in [-0.1, -0.05) is 60.8 Å². The van der Waals surface area contributed by atoms with E-state index in [1.807, 2.05) is 12.3 Å². The molecular formula is C20H22Cl2N4O2S2. The fourth-order valence-corrected chi connectivity index (χ4v) is 4.41. The first-order valence-corrected chi connectivity index (χ1v) is 11.9. The van der Waals surface area contributed by atoms with Crippen LogP contribution in [0.25, 0.3) is 22.2 Å². The Morgan fingerprint density at radius 2 is 1.73 bits per heavy atom. The summed E-state index contributed by atoms with van der Waals surface area (Å²) in [5.74, 6) is 0.915. The highest BCUT2D eigenvalue weighted by molar-refractivity contribution is 7.98. The molecule has 3 rings (SSSR count). The Hall–Kier alpha value is -1.45. The lowest BCUT2D eigenvalue weighted by Gasteiger charge is -2.16. The summed E-state index contributed by atoms with van der Waals surface area (Å²) in [7, 11) is 3.09. The number of aromatic nitrogens is 3. The van der Waals surface area contributed by atoms with Gasteiger partial charge in [0.2, 0.25) is 0 Å². The highest BCUT2D eigenvalue weighted by atomic mass is 35.5. The molecule has 0 unspecified atom stereocenters. The molecule has 0 amide bonds. The average Bonchev–Trinajstić information content (AvgIpc) is 2.73. The normalized spacial score (nSPS) is 11.3. The van der Waals surface area contributed by atoms with Crippen molar-refractivity contribution in [1.82, 2.24) is 19.7 Å². The minimum Gasteiger partial charge on any atom is -0.495 e. The fourth-order valence-electron chi connectivity index (χ4n) is 2.83. The van der Waals surface area contributed by atoms with Gasteiger partial charge in [0.05, 0.1) is 47.7 Å². The summed E-state index contributed by atoms with van der Waals surface area (Å²) in [5.41, 5.74) is 2.71. The summed E-state index contributed by atoms with van der Waals surface area (Å²) in [5, 5.41) is 2.70. The third-order valence-electron chi connectivity index (χ3n) is 4.19. The molecule has 3 aromatic rings. The molecule has 0 aliphatic carbocycles. The van der Waals surface area contributed by atoms with Crippen molar-refractivity contribution in [2.45, 2.75) is 30.8 Å². The van der Waals surface area contributed by atoms with Crippen molar-refractivity contribution in [2.24, 2.45) is 0 Å². The second-order valence-electron chi connectivity index (χ2n) is 6.52. The first-order chi connectivity index (χ1) is 14.4. The molecule has 2 aromatic heterocycles. The number of benzene rings is 1. The number of methoxy groups -OCH3 is 2. The zero-order valence-electron chi connectivity index (χ0n) is 17.2. The molecule has 1 aromatic carbocycles. The van der Waals surface area contributed by atoms with Crippen LogP contribution in [0.1, 0.15) is 19.5 Å². The number of hydrogen-bond acceptors (Lipinski definition) is 8. The summed E-state index contributed by atoms with van der Waals surface area (Å²) < 4.78 is 14.2. The van der Waals surface area contributed by atoms with Crippen molar-refractivity contribution in [3.05, 3.63) is 34.1 Å². The maximum atomic E-state index is 6.62. The van der Waals surface area contributed by atoms with Crippen LogP contribution in [-0.4, -0.2) is 40.7 Å². The van der Waals surface area contributed by atoms with Crippen molar-refractivity contribution in [3.8, 4) is 22.8 Å². The van der Waals surface area contributed by atoms with Crippen LogP contribution in [0, 0.1) is 0 Å². The van der Waals surface area contributed by atoms with Crippen molar-refractivity contribution >= 4 is 57.8 Å². The van der Waals surface area contributed by atoms with Crippen LogP contribution >= 0.6 is 46.9 Å². The summed E-state index contributed by atoms with van der Waals surface area (Å²) in [6, 6.07) is 3.54. The van der Waals surface area contributed by atoms with Gasteiger partial charge in [0, 0.05) is 28.5 Å². The van der Waals surface area contributed by atoms with Crippen LogP contribution in [0.5, 0.6) is 11.5 Å². The minimum atomic E-state index is 0.368. The molecule has 0 spiro atoms. The summed E-state index contributed by atoms with van der Waals surface area (Å²) in [6.45, 7) is 4.76. The van der Waals surface area contributed by atoms with Gasteiger partial charge in [0.1, 0.15) is 11.5 Å². The number of pyridine rings is 1. The van der Waals surface area contributed by atoms with Crippen molar-refractivity contribution in [2.75, 3.05) is 20.5 Å². The largest absolute Gasteiger partial charge is 0.495 e. The van der Waals surface area contributed by atoms with Crippen LogP contribution in [0.4, 0.5) is 0 Å². The number of ether oxygens (including phenoxy) is 2. The van der Waals surface area contributed by atoms with E-state index in [0.717, 1.165) is 16.6 Å². The van der Waals surface area contributed by atoms with Crippen LogP contribution in [0.2, 0.25) is 10.0 Å². The standard InChI is InChI=1S/C20H22Cl2N4O2S2/c1-10(2)30-24-9-13-19-11(8-23-20(26-19)29-5)6-12(25-13)16-17(21)14(27-3)7-15(28-4)18(16)22/h6-8,10,24H,9H2,1-5H3. The number of nitrogens with zero attached hydrogens (tertiary/aromatic N) is 3. The number of halogens is 2. The second-order valence-corrected chi connectivity index (χ2v) is 9.52. The average molecular weight is 485 g/mol. The number of rotatable bonds is 8. The minimum absolute atomic E-state index is 0.368. The third-order valence-corrected chi connectivity index (χ3v) is 6.28. The third kappa shape index (κ3) is 4.89. The molecule has 0 atom stereocenters. The number of hydrogen-bond donors (Lipinski definition) is 1. The van der Waals surface area contributed by atoms with Crippen LogP contribution in [0.15, 0.2) is 23.5 Å². The van der Waals surface area contributed by atoms with Gasteiger partial charge in [0.25, 0.3) is 0 Å². The first-order valence-electron chi connectivity index (χ1n) is 9.09. The predicted octanol–water partition coefficient (Wildman–Crippen LogP) is 5.88. The summed E-state index contributed by atoms with van der Waals surface area (Å²) in [4.78, 5) is 13.9. The van der Waals surface area contributed by atoms with Gasteiger partial charge < -0.3 is 9.47 Å². The van der Waals surface area contributed by atoms with Gasteiger partial charge >= 0.3 is 0 Å². The zero-order chi connectivity index (χ0) is 21.8. The van der Waals surface area contributed by atoms with Gasteiger partial charge in [0.15, 0.2) is 5.16 Å². The molecular weight excluding hydrogens is 463 g/mol. The highest BCUT2D eigenvalue weighted by Crippen LogP contribution is 2.45. The van der Waals surface area contributed by atoms with Crippen LogP contribution in [0.3, 0.4) is 0 Å². The van der Waals surface area contributed by atoms with Gasteiger partial charge in [-0.25, -0.2) is 15.0 Å². The second kappa shape index (κ2) is 10.2. The van der Waals surface area contributed by atoms with E-state index in [-0.39, 0.29) is 0 Å². The maximum absolute atomic E-state index is 6.62. The smallest absolute Gasteiger partial charge is 0.187 e. The Labute approximate surface area is 194 Å². The van der Waals surface area contributed by atoms with Gasteiger partial charge in [-0.2, -0.15) is 0 Å². The molecule has 0 radical (unpaired) electrons. The lowest BCUT2D eigenvalue weighted by molar-refractivity contribution is 0.395. The van der Waals surface area contributed by atoms with E-state index < -0.39 is 0 Å². The molecule has 6 nitrogen and oxygen atoms in total. The molecule has 160 valence electrons. The quantitative estimate of drug-likeness (QED) is 0.241. The first kappa shape index (κ1) is 23.2. The maximum Gasteiger partial charge on any atom is 0.187 e. The molecule has 0 aliphatic rings. The topological polar surface area (TPSA) is 69.2 Å². The fraction of sp³-hybridized carbons (Fsp3) is 0.350. The monoisotopic (exact) mass is 484 g/mol. The van der Waals surface area contributed by atoms with Crippen molar-refractivity contribution in [3.63, 3.8) is 0 Å². The molecule has 30 heavy (non-hydrogen) atoms. The summed E-state index contributed by atoms with van der Waals surface area (Å²) in [6.07, 6.45) is 3.73. The van der Waals surface area contributed by atoms with E-state index >= 15 is 0 Å². The molecule has 1 N–H and O–H groups in total. The lowest BCUT2D eigenvalue weighted by atomic mass is 10.1. The molecule has 2 heterocycles. The Kier molecular flexibility index (Phi) is 7.92. The van der Waals surface area contributed by atoms with E-state index in [1.54, 1.807) is 38.4 Å². The summed E-state index contributed by atoms with van der Waals surface area (Å²) >= 11 is 16.4. The van der Waals surface area contributed by atoms with Crippen molar-refractivity contribution in [1.29, 1.82) is 0 Å². The van der Waals surface area contributed by atoms with Gasteiger partial charge in [-0.15, -0.1) is 0 Å². The zero-order valence-corrected chi connectivity index (χ0v) is 20.4. The number of thioether (sulfide) groups is 1. The molecule has 10 heteroatoms. The Morgan fingerprint density at radius 1 is 1.07 bits per heavy atom. The van der Waals surface area contributed by atoms with Crippen LogP contribution in [-0.2, 0) is 6.54 Å². The lowest BCUT2D eigenvalue weighted by Crippen LogP contribution is -2.10. The molecule has 0 fully saturated rings. The SMILES string of the molecule is COc1cc(OC)c(Cl)c(-c2cc3cnc(SC)nc3c(CNSC(C)C)n2)c1Cl. The van der Waals surface area contributed by atoms with E-state index in [4.69, 9.17) is 37.7 Å². The molecule has 0 bridgehead atoms. The molecule has 0 aliphatic heterocycles.